The summed E-state index contributed by atoms with van der Waals surface area (Å²) in [4.78, 5) is 22.1. The van der Waals surface area contributed by atoms with Crippen LogP contribution >= 0.6 is 11.6 Å². The van der Waals surface area contributed by atoms with E-state index in [-0.39, 0.29) is 0 Å². The summed E-state index contributed by atoms with van der Waals surface area (Å²) in [5.74, 6) is -1.08. The Morgan fingerprint density at radius 2 is 2.00 bits per heavy atom. The van der Waals surface area contributed by atoms with Crippen molar-refractivity contribution < 1.29 is 19.4 Å². The van der Waals surface area contributed by atoms with Gasteiger partial charge in [-0.15, -0.1) is 0 Å². The van der Waals surface area contributed by atoms with Gasteiger partial charge in [-0.1, -0.05) is 11.6 Å². The molecule has 0 aliphatic heterocycles. The summed E-state index contributed by atoms with van der Waals surface area (Å²) in [7, 11) is 0. The summed E-state index contributed by atoms with van der Waals surface area (Å²) >= 11 is 5.93. The molecule has 1 rings (SSSR count). The number of ether oxygens (including phenoxy) is 1. The second-order valence-corrected chi connectivity index (χ2v) is 5.44. The molecule has 5 nitrogen and oxygen atoms in total. The fourth-order valence-electron chi connectivity index (χ4n) is 1.33. The molecule has 0 unspecified atom stereocenters. The number of carboxylic acids is 1. The van der Waals surface area contributed by atoms with Gasteiger partial charge < -0.3 is 9.84 Å². The standard InChI is InChI=1S/C14H16ClNO4/c1-14(2,3)20-13(19)16-10-5-6-11(15)9(8-10)4-7-12(17)18/h4-8H,1-3H3,(H,16,19)(H,17,18)/b7-4+. The molecule has 0 aliphatic rings. The summed E-state index contributed by atoms with van der Waals surface area (Å²) in [6, 6.07) is 4.73. The Hall–Kier alpha value is -2.01. The highest BCUT2D eigenvalue weighted by Crippen LogP contribution is 2.22. The van der Waals surface area contributed by atoms with Crippen LogP contribution in [-0.2, 0) is 9.53 Å². The molecule has 0 bridgehead atoms. The topological polar surface area (TPSA) is 75.6 Å². The van der Waals surface area contributed by atoms with E-state index in [1.54, 1.807) is 39.0 Å². The van der Waals surface area contributed by atoms with Crippen molar-refractivity contribution in [1.82, 2.24) is 0 Å². The fraction of sp³-hybridized carbons (Fsp3) is 0.286. The highest BCUT2D eigenvalue weighted by atomic mass is 35.5. The summed E-state index contributed by atoms with van der Waals surface area (Å²) in [5, 5.41) is 11.5. The van der Waals surface area contributed by atoms with Crippen molar-refractivity contribution >= 4 is 35.4 Å². The molecule has 1 aromatic rings. The van der Waals surface area contributed by atoms with Gasteiger partial charge in [0.25, 0.3) is 0 Å². The molecule has 6 heteroatoms. The number of halogens is 1. The minimum atomic E-state index is -1.08. The van der Waals surface area contributed by atoms with Crippen molar-refractivity contribution in [2.45, 2.75) is 26.4 Å². The van der Waals surface area contributed by atoms with Gasteiger partial charge in [-0.05, 0) is 50.6 Å². The molecule has 1 aromatic carbocycles. The van der Waals surface area contributed by atoms with E-state index >= 15 is 0 Å². The maximum absolute atomic E-state index is 11.6. The first-order valence-electron chi connectivity index (χ1n) is 5.88. The number of rotatable bonds is 3. The van der Waals surface area contributed by atoms with Gasteiger partial charge in [-0.25, -0.2) is 9.59 Å². The van der Waals surface area contributed by atoms with E-state index in [0.29, 0.717) is 16.3 Å². The van der Waals surface area contributed by atoms with Crippen molar-refractivity contribution in [3.63, 3.8) is 0 Å². The Kier molecular flexibility index (Phi) is 5.16. The zero-order valence-corrected chi connectivity index (χ0v) is 12.2. The molecule has 0 fully saturated rings. The van der Waals surface area contributed by atoms with Gasteiger partial charge in [-0.3, -0.25) is 5.32 Å². The predicted octanol–water partition coefficient (Wildman–Crippen LogP) is 3.78. The minimum absolute atomic E-state index is 0.386. The molecule has 108 valence electrons. The monoisotopic (exact) mass is 297 g/mol. The van der Waals surface area contributed by atoms with Crippen molar-refractivity contribution in [3.8, 4) is 0 Å². The molecule has 20 heavy (non-hydrogen) atoms. The van der Waals surface area contributed by atoms with E-state index in [0.717, 1.165) is 6.08 Å². The summed E-state index contributed by atoms with van der Waals surface area (Å²) in [6.45, 7) is 5.28. The summed E-state index contributed by atoms with van der Waals surface area (Å²) in [6.07, 6.45) is 1.73. The number of hydrogen-bond donors (Lipinski definition) is 2. The number of carbonyl (C=O) groups excluding carboxylic acids is 1. The van der Waals surface area contributed by atoms with Crippen LogP contribution in [0.4, 0.5) is 10.5 Å². The zero-order chi connectivity index (χ0) is 15.3. The van der Waals surface area contributed by atoms with E-state index < -0.39 is 17.7 Å². The van der Waals surface area contributed by atoms with E-state index in [9.17, 15) is 9.59 Å². The van der Waals surface area contributed by atoms with Crippen LogP contribution in [-0.4, -0.2) is 22.8 Å². The Bertz CT molecular complexity index is 547. The molecule has 2 N–H and O–H groups in total. The third kappa shape index (κ3) is 5.75. The molecule has 0 aromatic heterocycles. The second kappa shape index (κ2) is 6.43. The highest BCUT2D eigenvalue weighted by molar-refractivity contribution is 6.32. The fourth-order valence-corrected chi connectivity index (χ4v) is 1.51. The molecule has 0 radical (unpaired) electrons. The van der Waals surface area contributed by atoms with Crippen LogP contribution in [0, 0.1) is 0 Å². The third-order valence-electron chi connectivity index (χ3n) is 2.05. The van der Waals surface area contributed by atoms with Crippen molar-refractivity contribution in [2.75, 3.05) is 5.32 Å². The molecule has 1 amide bonds. The third-order valence-corrected chi connectivity index (χ3v) is 2.39. The lowest BCUT2D eigenvalue weighted by atomic mass is 10.2. The van der Waals surface area contributed by atoms with Gasteiger partial charge in [0.1, 0.15) is 5.60 Å². The quantitative estimate of drug-likeness (QED) is 0.832. The second-order valence-electron chi connectivity index (χ2n) is 5.03. The Labute approximate surface area is 122 Å². The lowest BCUT2D eigenvalue weighted by molar-refractivity contribution is -0.131. The van der Waals surface area contributed by atoms with E-state index in [1.807, 2.05) is 0 Å². The van der Waals surface area contributed by atoms with Gasteiger partial charge >= 0.3 is 12.1 Å². The maximum atomic E-state index is 11.6. The smallest absolute Gasteiger partial charge is 0.412 e. The van der Waals surface area contributed by atoms with Gasteiger partial charge in [0.05, 0.1) is 0 Å². The molecule has 0 saturated carbocycles. The van der Waals surface area contributed by atoms with Gasteiger partial charge in [0.15, 0.2) is 0 Å². The van der Waals surface area contributed by atoms with Crippen LogP contribution in [0.5, 0.6) is 0 Å². The first-order chi connectivity index (χ1) is 9.17. The number of aliphatic carboxylic acids is 1. The van der Waals surface area contributed by atoms with Crippen LogP contribution in [0.3, 0.4) is 0 Å². The molecule has 0 aliphatic carbocycles. The lowest BCUT2D eigenvalue weighted by Crippen LogP contribution is -2.27. The number of hydrogen-bond acceptors (Lipinski definition) is 3. The SMILES string of the molecule is CC(C)(C)OC(=O)Nc1ccc(Cl)c(/C=C/C(=O)O)c1. The highest BCUT2D eigenvalue weighted by Gasteiger charge is 2.16. The Morgan fingerprint density at radius 1 is 1.35 bits per heavy atom. The van der Waals surface area contributed by atoms with Gasteiger partial charge in [-0.2, -0.15) is 0 Å². The molecular formula is C14H16ClNO4. The number of carbonyl (C=O) groups is 2. The zero-order valence-electron chi connectivity index (χ0n) is 11.4. The van der Waals surface area contributed by atoms with Crippen LogP contribution < -0.4 is 5.32 Å². The number of amides is 1. The number of carboxylic acid groups (broad SMARTS) is 1. The van der Waals surface area contributed by atoms with Crippen LogP contribution in [0.25, 0.3) is 6.08 Å². The Balaban J connectivity index is 2.85. The van der Waals surface area contributed by atoms with Crippen LogP contribution in [0.15, 0.2) is 24.3 Å². The van der Waals surface area contributed by atoms with E-state index in [4.69, 9.17) is 21.4 Å². The molecular weight excluding hydrogens is 282 g/mol. The first-order valence-corrected chi connectivity index (χ1v) is 6.26. The van der Waals surface area contributed by atoms with E-state index in [1.165, 1.54) is 6.08 Å². The summed E-state index contributed by atoms with van der Waals surface area (Å²) in [5.41, 5.74) is 0.360. The maximum Gasteiger partial charge on any atom is 0.412 e. The molecule has 0 spiro atoms. The minimum Gasteiger partial charge on any atom is -0.478 e. The molecule has 0 atom stereocenters. The largest absolute Gasteiger partial charge is 0.478 e. The normalized spacial score (nSPS) is 11.4. The lowest BCUT2D eigenvalue weighted by Gasteiger charge is -2.19. The summed E-state index contributed by atoms with van der Waals surface area (Å²) < 4.78 is 5.11. The van der Waals surface area contributed by atoms with E-state index in [2.05, 4.69) is 5.32 Å². The van der Waals surface area contributed by atoms with Gasteiger partial charge in [0, 0.05) is 16.8 Å². The molecule has 0 saturated heterocycles. The average Bonchev–Trinajstić information content (AvgIpc) is 2.27. The van der Waals surface area contributed by atoms with Crippen LogP contribution in [0.2, 0.25) is 5.02 Å². The Morgan fingerprint density at radius 3 is 2.55 bits per heavy atom. The number of anilines is 1. The van der Waals surface area contributed by atoms with Crippen molar-refractivity contribution in [1.29, 1.82) is 0 Å². The van der Waals surface area contributed by atoms with Gasteiger partial charge in [0.2, 0.25) is 0 Å². The first kappa shape index (κ1) is 16.0. The van der Waals surface area contributed by atoms with Crippen LogP contribution in [0.1, 0.15) is 26.3 Å². The number of nitrogens with one attached hydrogen (secondary N) is 1. The van der Waals surface area contributed by atoms with Crippen molar-refractivity contribution in [3.05, 3.63) is 34.9 Å². The average molecular weight is 298 g/mol. The number of benzene rings is 1. The predicted molar refractivity (Wildman–Crippen MR) is 78.0 cm³/mol. The van der Waals surface area contributed by atoms with Crippen molar-refractivity contribution in [2.24, 2.45) is 0 Å². The molecule has 0 heterocycles.